The molecule has 0 spiro atoms. The molecule has 1 aliphatic rings. The van der Waals surface area contributed by atoms with Crippen LogP contribution in [0.3, 0.4) is 0 Å². The molecule has 1 saturated carbocycles. The molecule has 0 radical (unpaired) electrons. The largest absolute Gasteiger partial charge is 1.00 e. The predicted molar refractivity (Wildman–Crippen MR) is 52.7 cm³/mol. The van der Waals surface area contributed by atoms with Gasteiger partial charge in [-0.05, 0) is 12.8 Å². The summed E-state index contributed by atoms with van der Waals surface area (Å²) in [5.41, 5.74) is -0.439. The molecule has 0 aromatic carbocycles. The zero-order valence-electron chi connectivity index (χ0n) is 9.07. The van der Waals surface area contributed by atoms with Gasteiger partial charge in [0.2, 0.25) is 5.91 Å². The molecule has 1 amide bonds. The summed E-state index contributed by atoms with van der Waals surface area (Å²) >= 11 is 5.63. The molecule has 0 aliphatic heterocycles. The Labute approximate surface area is 114 Å². The minimum absolute atomic E-state index is 0. The first-order valence-corrected chi connectivity index (χ1v) is 5.01. The van der Waals surface area contributed by atoms with Gasteiger partial charge >= 0.3 is 18.9 Å². The van der Waals surface area contributed by atoms with Gasteiger partial charge in [-0.25, -0.2) is 0 Å². The summed E-state index contributed by atoms with van der Waals surface area (Å²) in [6.45, 7) is 0. The number of carboxylic acids is 1. The summed E-state index contributed by atoms with van der Waals surface area (Å²) in [4.78, 5) is 21.8. The Morgan fingerprint density at radius 3 is 2.53 bits per heavy atom. The van der Waals surface area contributed by atoms with Gasteiger partial charge in [0, 0.05) is 12.0 Å². The second-order valence-electron chi connectivity index (χ2n) is 3.48. The summed E-state index contributed by atoms with van der Waals surface area (Å²) in [5, 5.41) is 19.8. The Morgan fingerprint density at radius 2 is 2.06 bits per heavy atom. The first kappa shape index (κ1) is 14.0. The maximum atomic E-state index is 11.4. The van der Waals surface area contributed by atoms with Crippen LogP contribution in [0.25, 0.3) is 0 Å². The molecule has 0 saturated heterocycles. The molecule has 0 bridgehead atoms. The number of aromatic nitrogens is 2. The van der Waals surface area contributed by atoms with Crippen LogP contribution in [0.2, 0.25) is 5.02 Å². The van der Waals surface area contributed by atoms with E-state index in [4.69, 9.17) is 11.6 Å². The van der Waals surface area contributed by atoms with E-state index in [1.165, 1.54) is 6.07 Å². The van der Waals surface area contributed by atoms with Crippen molar-refractivity contribution in [3.05, 3.63) is 16.8 Å². The van der Waals surface area contributed by atoms with Crippen LogP contribution in [0.15, 0.2) is 6.07 Å². The molecule has 1 aromatic rings. The molecule has 0 atom stereocenters. The van der Waals surface area contributed by atoms with Crippen LogP contribution in [-0.2, 0) is 4.79 Å². The minimum Gasteiger partial charge on any atom is -0.543 e. The van der Waals surface area contributed by atoms with Gasteiger partial charge in [0.05, 0.1) is 11.0 Å². The van der Waals surface area contributed by atoms with Crippen molar-refractivity contribution in [1.29, 1.82) is 0 Å². The maximum Gasteiger partial charge on any atom is 1.00 e. The zero-order valence-corrected chi connectivity index (χ0v) is 9.82. The Balaban J connectivity index is 0.00000144. The number of hydrogen-bond donors (Lipinski definition) is 1. The molecule has 8 heteroatoms. The van der Waals surface area contributed by atoms with Crippen molar-refractivity contribution in [1.82, 2.24) is 10.2 Å². The summed E-state index contributed by atoms with van der Waals surface area (Å²) in [5.74, 6) is -1.47. The van der Waals surface area contributed by atoms with Crippen LogP contribution < -0.4 is 29.3 Å². The number of hydrogen-bond acceptors (Lipinski definition) is 5. The molecule has 84 valence electrons. The Bertz CT molecular complexity index is 465. The van der Waals surface area contributed by atoms with Crippen molar-refractivity contribution in [2.45, 2.75) is 12.8 Å². The van der Waals surface area contributed by atoms with Gasteiger partial charge in [0.1, 0.15) is 5.69 Å². The summed E-state index contributed by atoms with van der Waals surface area (Å²) in [6, 6.07) is 1.24. The van der Waals surface area contributed by atoms with Crippen LogP contribution in [0.4, 0.5) is 5.82 Å². The van der Waals surface area contributed by atoms with Crippen molar-refractivity contribution >= 4 is 29.3 Å². The van der Waals surface area contributed by atoms with E-state index in [0.717, 1.165) is 12.8 Å². The molecule has 1 heterocycles. The summed E-state index contributed by atoms with van der Waals surface area (Å²) in [6.07, 6.45) is 1.73. The monoisotopic (exact) mass is 247 g/mol. The molecule has 6 nitrogen and oxygen atoms in total. The van der Waals surface area contributed by atoms with Gasteiger partial charge in [-0.2, -0.15) is 0 Å². The number of amides is 1. The predicted octanol–water partition coefficient (Wildman–Crippen LogP) is -3.15. The second kappa shape index (κ2) is 5.49. The fourth-order valence-electron chi connectivity index (χ4n) is 1.14. The van der Waals surface area contributed by atoms with Crippen molar-refractivity contribution in [2.75, 3.05) is 5.32 Å². The fourth-order valence-corrected chi connectivity index (χ4v) is 1.36. The van der Waals surface area contributed by atoms with Crippen molar-refractivity contribution in [3.63, 3.8) is 0 Å². The third kappa shape index (κ3) is 3.43. The van der Waals surface area contributed by atoms with Crippen LogP contribution >= 0.6 is 11.6 Å². The van der Waals surface area contributed by atoms with Gasteiger partial charge in [-0.1, -0.05) is 11.6 Å². The van der Waals surface area contributed by atoms with Crippen LogP contribution in [0, 0.1) is 5.92 Å². The first-order chi connectivity index (χ1) is 7.58. The number of aromatic carboxylic acids is 1. The number of carbonyl (C=O) groups excluding carboxylic acids is 2. The van der Waals surface area contributed by atoms with Crippen LogP contribution in [0.1, 0.15) is 23.3 Å². The topological polar surface area (TPSA) is 95.0 Å². The van der Waals surface area contributed by atoms with E-state index in [9.17, 15) is 14.7 Å². The average molecular weight is 248 g/mol. The number of carboxylic acid groups (broad SMARTS) is 1. The molecular formula is C9H7ClLiN3O3. The Morgan fingerprint density at radius 1 is 1.41 bits per heavy atom. The Kier molecular flexibility index (Phi) is 4.52. The number of nitrogens with zero attached hydrogens (tertiary/aromatic N) is 2. The molecule has 1 fully saturated rings. The summed E-state index contributed by atoms with van der Waals surface area (Å²) in [7, 11) is 0. The number of nitrogens with one attached hydrogen (secondary N) is 1. The van der Waals surface area contributed by atoms with E-state index < -0.39 is 11.7 Å². The van der Waals surface area contributed by atoms with Crippen molar-refractivity contribution in [2.24, 2.45) is 5.92 Å². The number of rotatable bonds is 3. The summed E-state index contributed by atoms with van der Waals surface area (Å²) < 4.78 is 0. The minimum atomic E-state index is -1.50. The molecule has 1 aromatic heterocycles. The molecule has 0 unspecified atom stereocenters. The van der Waals surface area contributed by atoms with Crippen molar-refractivity contribution < 1.29 is 33.6 Å². The average Bonchev–Trinajstić information content (AvgIpc) is 2.99. The standard InChI is InChI=1S/C9H8ClN3O3.Li/c10-5-3-6(11-8(14)4-1-2-4)12-13-7(5)9(15)16;/h3-4H,1-2H2,(H,15,16)(H,11,12,14);/q;+1/p-1. The normalized spacial score (nSPS) is 13.7. The van der Waals surface area contributed by atoms with Gasteiger partial charge in [-0.15, -0.1) is 10.2 Å². The number of anilines is 1. The molecular weight excluding hydrogens is 241 g/mol. The Hall–Kier alpha value is -1.09. The molecule has 1 aliphatic carbocycles. The molecule has 2 rings (SSSR count). The van der Waals surface area contributed by atoms with Gasteiger partial charge in [-0.3, -0.25) is 4.79 Å². The van der Waals surface area contributed by atoms with E-state index in [1.54, 1.807) is 0 Å². The molecule has 1 N–H and O–H groups in total. The SMILES string of the molecule is O=C([O-])c1nnc(NC(=O)C2CC2)cc1Cl.[Li+]. The van der Waals surface area contributed by atoms with E-state index in [1.807, 2.05) is 0 Å². The molecule has 17 heavy (non-hydrogen) atoms. The van der Waals surface area contributed by atoms with Crippen LogP contribution in [0.5, 0.6) is 0 Å². The van der Waals surface area contributed by atoms with E-state index in [0.29, 0.717) is 0 Å². The van der Waals surface area contributed by atoms with Gasteiger partial charge in [0.25, 0.3) is 0 Å². The number of halogens is 1. The van der Waals surface area contributed by atoms with E-state index in [2.05, 4.69) is 15.5 Å². The zero-order chi connectivity index (χ0) is 11.7. The van der Waals surface area contributed by atoms with Gasteiger partial charge < -0.3 is 15.2 Å². The van der Waals surface area contributed by atoms with E-state index >= 15 is 0 Å². The first-order valence-electron chi connectivity index (χ1n) is 4.63. The second-order valence-corrected chi connectivity index (χ2v) is 3.88. The maximum absolute atomic E-state index is 11.4. The third-order valence-corrected chi connectivity index (χ3v) is 2.43. The third-order valence-electron chi connectivity index (χ3n) is 2.14. The fraction of sp³-hybridized carbons (Fsp3) is 0.333. The quantitative estimate of drug-likeness (QED) is 0.569. The van der Waals surface area contributed by atoms with E-state index in [-0.39, 0.29) is 41.5 Å². The smallest absolute Gasteiger partial charge is 0.543 e. The number of carbonyl (C=O) groups is 2. The van der Waals surface area contributed by atoms with Gasteiger partial charge in [0.15, 0.2) is 5.82 Å². The van der Waals surface area contributed by atoms with Crippen molar-refractivity contribution in [3.8, 4) is 0 Å². The van der Waals surface area contributed by atoms with Crippen LogP contribution in [-0.4, -0.2) is 22.1 Å².